The Hall–Kier alpha value is -2.57. The maximum Gasteiger partial charge on any atom is 0.322 e. The lowest BCUT2D eigenvalue weighted by molar-refractivity contribution is -0.120. The molecule has 0 aromatic carbocycles. The molecule has 29 heavy (non-hydrogen) atoms. The van der Waals surface area contributed by atoms with Crippen molar-refractivity contribution in [3.8, 4) is 11.6 Å². The predicted molar refractivity (Wildman–Crippen MR) is 106 cm³/mol. The molecule has 1 atom stereocenters. The Bertz CT molecular complexity index is 1120. The highest BCUT2D eigenvalue weighted by Crippen LogP contribution is 2.29. The molecule has 1 amide bonds. The Balaban J connectivity index is 1.53. The molecule has 1 N–H and O–H groups in total. The number of nitrogens with one attached hydrogen (secondary N) is 1. The highest BCUT2D eigenvalue weighted by molar-refractivity contribution is 7.91. The summed E-state index contributed by atoms with van der Waals surface area (Å²) in [7, 11) is -1.98. The van der Waals surface area contributed by atoms with E-state index in [0.717, 1.165) is 23.5 Å². The van der Waals surface area contributed by atoms with Gasteiger partial charge in [0.05, 0.1) is 5.69 Å². The third kappa shape index (κ3) is 3.82. The van der Waals surface area contributed by atoms with Gasteiger partial charge in [0, 0.05) is 13.6 Å². The minimum atomic E-state index is -3.73. The maximum atomic E-state index is 12.9. The van der Waals surface area contributed by atoms with E-state index in [0.29, 0.717) is 25.1 Å². The summed E-state index contributed by atoms with van der Waals surface area (Å²) in [6.07, 6.45) is 1.90. The third-order valence-electron chi connectivity index (χ3n) is 4.69. The Kier molecular flexibility index (Phi) is 5.23. The lowest BCUT2D eigenvalue weighted by Crippen LogP contribution is -2.49. The number of sulfonamides is 1. The van der Waals surface area contributed by atoms with E-state index in [9.17, 15) is 13.2 Å². The van der Waals surface area contributed by atoms with Crippen molar-refractivity contribution >= 4 is 33.3 Å². The summed E-state index contributed by atoms with van der Waals surface area (Å²) >= 11 is 1.14. The number of carbonyl (C=O) groups excluding carboxylic acids is 1. The van der Waals surface area contributed by atoms with Crippen molar-refractivity contribution in [3.05, 3.63) is 29.3 Å². The van der Waals surface area contributed by atoms with Crippen LogP contribution in [0.15, 0.2) is 32.2 Å². The summed E-state index contributed by atoms with van der Waals surface area (Å²) in [4.78, 5) is 12.9. The van der Waals surface area contributed by atoms with Gasteiger partial charge in [-0.1, -0.05) is 17.6 Å². The molecule has 4 heterocycles. The molecule has 1 saturated heterocycles. The number of amides is 1. The minimum Gasteiger partial charge on any atom is -0.401 e. The van der Waals surface area contributed by atoms with Gasteiger partial charge in [-0.05, 0) is 37.3 Å². The van der Waals surface area contributed by atoms with Crippen LogP contribution in [0.4, 0.5) is 6.01 Å². The van der Waals surface area contributed by atoms with E-state index in [1.807, 2.05) is 6.92 Å². The molecular formula is C17H20N6O4S2. The number of piperidine rings is 1. The second-order valence-electron chi connectivity index (χ2n) is 6.76. The topological polar surface area (TPSA) is 123 Å². The summed E-state index contributed by atoms with van der Waals surface area (Å²) in [5.41, 5.74) is 1.41. The van der Waals surface area contributed by atoms with Crippen LogP contribution >= 0.6 is 11.3 Å². The monoisotopic (exact) mass is 436 g/mol. The van der Waals surface area contributed by atoms with Gasteiger partial charge < -0.3 is 4.42 Å². The van der Waals surface area contributed by atoms with Crippen molar-refractivity contribution in [3.63, 3.8) is 0 Å². The number of hydrogen-bond acceptors (Lipinski definition) is 8. The molecule has 0 spiro atoms. The molecule has 4 rings (SSSR count). The van der Waals surface area contributed by atoms with Crippen LogP contribution in [0, 0.1) is 6.92 Å². The second kappa shape index (κ2) is 7.69. The minimum absolute atomic E-state index is 0.0806. The predicted octanol–water partition coefficient (Wildman–Crippen LogP) is 2.02. The fourth-order valence-electron chi connectivity index (χ4n) is 3.36. The molecule has 0 radical (unpaired) electrons. The first-order chi connectivity index (χ1) is 13.9. The number of hydrogen-bond donors (Lipinski definition) is 1. The van der Waals surface area contributed by atoms with Crippen LogP contribution in [0.3, 0.4) is 0 Å². The number of aromatic nitrogens is 4. The smallest absolute Gasteiger partial charge is 0.322 e. The Morgan fingerprint density at radius 1 is 1.34 bits per heavy atom. The van der Waals surface area contributed by atoms with E-state index < -0.39 is 22.0 Å². The van der Waals surface area contributed by atoms with Crippen molar-refractivity contribution in [2.75, 3.05) is 11.9 Å². The largest absolute Gasteiger partial charge is 0.401 e. The normalized spacial score (nSPS) is 18.1. The highest BCUT2D eigenvalue weighted by Gasteiger charge is 2.38. The molecule has 154 valence electrons. The van der Waals surface area contributed by atoms with Gasteiger partial charge in [-0.15, -0.1) is 16.4 Å². The molecule has 3 aromatic rings. The van der Waals surface area contributed by atoms with E-state index >= 15 is 0 Å². The van der Waals surface area contributed by atoms with E-state index in [4.69, 9.17) is 4.42 Å². The second-order valence-corrected chi connectivity index (χ2v) is 9.82. The number of carbonyl (C=O) groups is 1. The van der Waals surface area contributed by atoms with Crippen molar-refractivity contribution in [1.29, 1.82) is 0 Å². The molecule has 1 aliphatic heterocycles. The standard InChI is InChI=1S/C17H20N6O4S2/c1-11-10-13(22(2)21-11)16-19-20-17(27-16)18-15(24)12-6-3-4-8-23(12)29(25,26)14-7-5-9-28-14/h5,7,9-10,12H,3-4,6,8H2,1-2H3,(H,18,20,24)/t12-/m1/s1. The van der Waals surface area contributed by atoms with Gasteiger partial charge in [-0.3, -0.25) is 14.8 Å². The van der Waals surface area contributed by atoms with Crippen LogP contribution in [0.2, 0.25) is 0 Å². The van der Waals surface area contributed by atoms with Crippen molar-refractivity contribution in [1.82, 2.24) is 24.3 Å². The van der Waals surface area contributed by atoms with Gasteiger partial charge in [0.15, 0.2) is 0 Å². The molecule has 10 nitrogen and oxygen atoms in total. The fourth-order valence-corrected chi connectivity index (χ4v) is 6.13. The van der Waals surface area contributed by atoms with Crippen LogP contribution in [-0.4, -0.2) is 51.2 Å². The summed E-state index contributed by atoms with van der Waals surface area (Å²) in [6.45, 7) is 2.13. The van der Waals surface area contributed by atoms with Gasteiger partial charge in [0.2, 0.25) is 5.91 Å². The van der Waals surface area contributed by atoms with Gasteiger partial charge in [-0.2, -0.15) is 9.40 Å². The van der Waals surface area contributed by atoms with Crippen LogP contribution < -0.4 is 5.32 Å². The van der Waals surface area contributed by atoms with E-state index in [-0.39, 0.29) is 16.1 Å². The molecule has 1 fully saturated rings. The van der Waals surface area contributed by atoms with E-state index in [1.165, 1.54) is 4.31 Å². The molecule has 0 unspecified atom stereocenters. The first-order valence-electron chi connectivity index (χ1n) is 9.07. The molecule has 12 heteroatoms. The van der Waals surface area contributed by atoms with Gasteiger partial charge >= 0.3 is 6.01 Å². The first-order valence-corrected chi connectivity index (χ1v) is 11.4. The van der Waals surface area contributed by atoms with Crippen LogP contribution in [0.1, 0.15) is 25.0 Å². The summed E-state index contributed by atoms with van der Waals surface area (Å²) in [5, 5.41) is 16.3. The zero-order valence-corrected chi connectivity index (χ0v) is 17.5. The number of thiophene rings is 1. The summed E-state index contributed by atoms with van der Waals surface area (Å²) in [6, 6.07) is 4.10. The number of rotatable bonds is 5. The van der Waals surface area contributed by atoms with E-state index in [2.05, 4.69) is 20.6 Å². The van der Waals surface area contributed by atoms with Crippen molar-refractivity contribution in [2.45, 2.75) is 36.4 Å². The molecular weight excluding hydrogens is 416 g/mol. The summed E-state index contributed by atoms with van der Waals surface area (Å²) < 4.78 is 34.5. The van der Waals surface area contributed by atoms with Gasteiger partial charge in [0.25, 0.3) is 15.9 Å². The number of nitrogens with zero attached hydrogens (tertiary/aromatic N) is 5. The number of aryl methyl sites for hydroxylation is 2. The van der Waals surface area contributed by atoms with Gasteiger partial charge in [-0.25, -0.2) is 8.42 Å². The zero-order valence-electron chi connectivity index (χ0n) is 15.9. The Labute approximate surface area is 171 Å². The van der Waals surface area contributed by atoms with Crippen molar-refractivity contribution in [2.24, 2.45) is 7.05 Å². The molecule has 3 aromatic heterocycles. The van der Waals surface area contributed by atoms with Crippen molar-refractivity contribution < 1.29 is 17.6 Å². The van der Waals surface area contributed by atoms with Gasteiger partial charge in [0.1, 0.15) is 15.9 Å². The average Bonchev–Trinajstić information content (AvgIpc) is 3.43. The fraction of sp³-hybridized carbons (Fsp3) is 0.412. The maximum absolute atomic E-state index is 12.9. The zero-order chi connectivity index (χ0) is 20.6. The molecule has 0 bridgehead atoms. The highest BCUT2D eigenvalue weighted by atomic mass is 32.2. The third-order valence-corrected chi connectivity index (χ3v) is 7.97. The van der Waals surface area contributed by atoms with Crippen LogP contribution in [0.5, 0.6) is 0 Å². The quantitative estimate of drug-likeness (QED) is 0.649. The number of anilines is 1. The molecule has 0 aliphatic carbocycles. The Morgan fingerprint density at radius 3 is 2.86 bits per heavy atom. The summed E-state index contributed by atoms with van der Waals surface area (Å²) in [5.74, 6) is -0.267. The lowest BCUT2D eigenvalue weighted by Gasteiger charge is -2.32. The SMILES string of the molecule is Cc1cc(-c2nnc(NC(=O)[C@H]3CCCCN3S(=O)(=O)c3cccs3)o2)n(C)n1. The Morgan fingerprint density at radius 2 is 2.17 bits per heavy atom. The average molecular weight is 437 g/mol. The first kappa shape index (κ1) is 19.7. The van der Waals surface area contributed by atoms with Crippen LogP contribution in [-0.2, 0) is 21.9 Å². The lowest BCUT2D eigenvalue weighted by atomic mass is 10.0. The van der Waals surface area contributed by atoms with E-state index in [1.54, 1.807) is 35.3 Å². The molecule has 1 aliphatic rings. The van der Waals surface area contributed by atoms with Crippen LogP contribution in [0.25, 0.3) is 11.6 Å². The molecule has 0 saturated carbocycles.